The first kappa shape index (κ1) is 24.1. The third kappa shape index (κ3) is 5.04. The molecule has 0 radical (unpaired) electrons. The van der Waals surface area contributed by atoms with Gasteiger partial charge in [0, 0.05) is 22.3 Å². The number of carbonyl (C=O) groups excluding carboxylic acids is 2. The van der Waals surface area contributed by atoms with Gasteiger partial charge in [-0.2, -0.15) is 0 Å². The van der Waals surface area contributed by atoms with E-state index in [-0.39, 0.29) is 10.5 Å². The third-order valence-corrected chi connectivity index (χ3v) is 7.53. The fourth-order valence-corrected chi connectivity index (χ4v) is 5.70. The summed E-state index contributed by atoms with van der Waals surface area (Å²) in [5.41, 5.74) is 1.94. The summed E-state index contributed by atoms with van der Waals surface area (Å²) < 4.78 is 33.1. The van der Waals surface area contributed by atoms with E-state index < -0.39 is 28.0 Å². The highest BCUT2D eigenvalue weighted by Crippen LogP contribution is 2.33. The summed E-state index contributed by atoms with van der Waals surface area (Å²) in [6, 6.07) is 17.4. The lowest BCUT2D eigenvalue weighted by Crippen LogP contribution is -2.30. The van der Waals surface area contributed by atoms with Gasteiger partial charge < -0.3 is 10.1 Å². The largest absolute Gasteiger partial charge is 0.449 e. The fraction of sp³-hybridized carbons (Fsp3) is 0.167. The number of halogens is 2. The molecule has 3 aromatic rings. The summed E-state index contributed by atoms with van der Waals surface area (Å²) in [6.45, 7) is 1.72. The second-order valence-corrected chi connectivity index (χ2v) is 10.4. The summed E-state index contributed by atoms with van der Waals surface area (Å²) in [7, 11) is -3.88. The fourth-order valence-electron chi connectivity index (χ4n) is 3.62. The van der Waals surface area contributed by atoms with Crippen molar-refractivity contribution < 1.29 is 22.7 Å². The molecule has 0 saturated heterocycles. The van der Waals surface area contributed by atoms with Gasteiger partial charge >= 0.3 is 5.97 Å². The van der Waals surface area contributed by atoms with Gasteiger partial charge in [0.25, 0.3) is 15.9 Å². The minimum atomic E-state index is -3.88. The Hall–Kier alpha value is -3.07. The van der Waals surface area contributed by atoms with Crippen LogP contribution in [0.3, 0.4) is 0 Å². The molecule has 0 spiro atoms. The van der Waals surface area contributed by atoms with E-state index >= 15 is 0 Å². The number of esters is 1. The number of sulfonamides is 1. The minimum Gasteiger partial charge on any atom is -0.449 e. The number of nitrogens with one attached hydrogen (secondary N) is 1. The second kappa shape index (κ2) is 9.66. The number of hydrogen-bond donors (Lipinski definition) is 1. The molecule has 176 valence electrons. The standard InChI is InChI=1S/C24H20Cl2N2O5S/c1-15(23(29)27-20-13-18(25)12-19(26)14-20)33-24(30)17-6-4-7-21(11-17)34(31,32)28-10-9-16-5-2-3-8-22(16)28/h2-8,11-15H,9-10H2,1H3,(H,27,29). The summed E-state index contributed by atoms with van der Waals surface area (Å²) in [4.78, 5) is 25.1. The lowest BCUT2D eigenvalue weighted by Gasteiger charge is -2.20. The predicted molar refractivity (Wildman–Crippen MR) is 131 cm³/mol. The SMILES string of the molecule is CC(OC(=O)c1cccc(S(=O)(=O)N2CCc3ccccc32)c1)C(=O)Nc1cc(Cl)cc(Cl)c1. The first-order valence-electron chi connectivity index (χ1n) is 10.3. The van der Waals surface area contributed by atoms with E-state index in [9.17, 15) is 18.0 Å². The molecule has 0 aromatic heterocycles. The molecule has 34 heavy (non-hydrogen) atoms. The van der Waals surface area contributed by atoms with Crippen LogP contribution in [-0.4, -0.2) is 32.9 Å². The molecule has 0 bridgehead atoms. The van der Waals surface area contributed by atoms with E-state index in [1.807, 2.05) is 12.1 Å². The van der Waals surface area contributed by atoms with Gasteiger partial charge in [-0.1, -0.05) is 47.5 Å². The molecule has 0 aliphatic carbocycles. The van der Waals surface area contributed by atoms with Crippen molar-refractivity contribution in [1.82, 2.24) is 0 Å². The number of benzene rings is 3. The lowest BCUT2D eigenvalue weighted by molar-refractivity contribution is -0.123. The molecule has 1 aliphatic heterocycles. The Labute approximate surface area is 207 Å². The number of hydrogen-bond acceptors (Lipinski definition) is 5. The van der Waals surface area contributed by atoms with Crippen LogP contribution >= 0.6 is 23.2 Å². The molecule has 1 N–H and O–H groups in total. The van der Waals surface area contributed by atoms with Crippen LogP contribution in [0.15, 0.2) is 71.6 Å². The van der Waals surface area contributed by atoms with E-state index in [4.69, 9.17) is 27.9 Å². The molecule has 1 amide bonds. The summed E-state index contributed by atoms with van der Waals surface area (Å²) in [5, 5.41) is 3.25. The van der Waals surface area contributed by atoms with Crippen LogP contribution in [0.1, 0.15) is 22.8 Å². The highest BCUT2D eigenvalue weighted by atomic mass is 35.5. The Bertz CT molecular complexity index is 1360. The van der Waals surface area contributed by atoms with Crippen LogP contribution in [0, 0.1) is 0 Å². The lowest BCUT2D eigenvalue weighted by atomic mass is 10.2. The zero-order valence-corrected chi connectivity index (χ0v) is 20.3. The van der Waals surface area contributed by atoms with E-state index in [2.05, 4.69) is 5.32 Å². The Kier molecular flexibility index (Phi) is 6.84. The number of nitrogens with zero attached hydrogens (tertiary/aromatic N) is 1. The first-order chi connectivity index (χ1) is 16.1. The summed E-state index contributed by atoms with van der Waals surface area (Å²) in [5.74, 6) is -1.42. The van der Waals surface area contributed by atoms with Gasteiger partial charge in [0.05, 0.1) is 16.1 Å². The summed E-state index contributed by atoms with van der Waals surface area (Å²) >= 11 is 11.9. The molecular formula is C24H20Cl2N2O5S. The predicted octanol–water partition coefficient (Wildman–Crippen LogP) is 4.93. The molecule has 1 heterocycles. The number of ether oxygens (including phenoxy) is 1. The zero-order valence-electron chi connectivity index (χ0n) is 18.0. The molecule has 0 fully saturated rings. The van der Waals surface area contributed by atoms with Gasteiger partial charge in [-0.15, -0.1) is 0 Å². The van der Waals surface area contributed by atoms with Gasteiger partial charge in [0.1, 0.15) is 0 Å². The molecule has 1 unspecified atom stereocenters. The quantitative estimate of drug-likeness (QED) is 0.467. The topological polar surface area (TPSA) is 92.8 Å². The van der Waals surface area contributed by atoms with Gasteiger partial charge in [-0.05, 0) is 61.4 Å². The Morgan fingerprint density at radius 2 is 1.71 bits per heavy atom. The van der Waals surface area contributed by atoms with E-state index in [1.165, 1.54) is 53.7 Å². The number of para-hydroxylation sites is 1. The minimum absolute atomic E-state index is 0.0130. The van der Waals surface area contributed by atoms with Crippen molar-refractivity contribution in [3.63, 3.8) is 0 Å². The molecule has 7 nitrogen and oxygen atoms in total. The van der Waals surface area contributed by atoms with E-state index in [1.54, 1.807) is 12.1 Å². The van der Waals surface area contributed by atoms with Crippen LogP contribution in [0.2, 0.25) is 10.0 Å². The van der Waals surface area contributed by atoms with Gasteiger partial charge in [0.2, 0.25) is 0 Å². The number of carbonyl (C=O) groups is 2. The maximum Gasteiger partial charge on any atom is 0.338 e. The second-order valence-electron chi connectivity index (χ2n) is 7.68. The smallest absolute Gasteiger partial charge is 0.338 e. The third-order valence-electron chi connectivity index (χ3n) is 5.29. The Balaban J connectivity index is 1.48. The highest BCUT2D eigenvalue weighted by molar-refractivity contribution is 7.92. The molecule has 1 aliphatic rings. The van der Waals surface area contributed by atoms with Crippen molar-refractivity contribution >= 4 is 56.5 Å². The molecule has 4 rings (SSSR count). The van der Waals surface area contributed by atoms with Crippen LogP contribution in [-0.2, 0) is 26.0 Å². The number of anilines is 2. The number of fused-ring (bicyclic) bond motifs is 1. The van der Waals surface area contributed by atoms with Crippen LogP contribution < -0.4 is 9.62 Å². The van der Waals surface area contributed by atoms with Crippen molar-refractivity contribution in [3.8, 4) is 0 Å². The van der Waals surface area contributed by atoms with Gasteiger partial charge in [0.15, 0.2) is 6.10 Å². The molecule has 3 aromatic carbocycles. The van der Waals surface area contributed by atoms with Crippen LogP contribution in [0.4, 0.5) is 11.4 Å². The van der Waals surface area contributed by atoms with Crippen LogP contribution in [0.25, 0.3) is 0 Å². The first-order valence-corrected chi connectivity index (χ1v) is 12.5. The molecule has 10 heteroatoms. The maximum absolute atomic E-state index is 13.2. The number of amides is 1. The van der Waals surface area contributed by atoms with Crippen molar-refractivity contribution in [2.24, 2.45) is 0 Å². The Morgan fingerprint density at radius 1 is 1.00 bits per heavy atom. The van der Waals surface area contributed by atoms with Crippen molar-refractivity contribution in [3.05, 3.63) is 87.9 Å². The number of rotatable bonds is 6. The molecular weight excluding hydrogens is 499 g/mol. The average molecular weight is 519 g/mol. The van der Waals surface area contributed by atoms with E-state index in [0.717, 1.165) is 5.56 Å². The van der Waals surface area contributed by atoms with Crippen LogP contribution in [0.5, 0.6) is 0 Å². The zero-order chi connectivity index (χ0) is 24.5. The summed E-state index contributed by atoms with van der Waals surface area (Å²) in [6.07, 6.45) is -0.544. The van der Waals surface area contributed by atoms with Gasteiger partial charge in [-0.25, -0.2) is 13.2 Å². The highest BCUT2D eigenvalue weighted by Gasteiger charge is 2.31. The average Bonchev–Trinajstić information content (AvgIpc) is 3.23. The normalized spacial score (nSPS) is 13.8. The Morgan fingerprint density at radius 3 is 2.44 bits per heavy atom. The molecule has 0 saturated carbocycles. The maximum atomic E-state index is 13.2. The molecule has 1 atom stereocenters. The van der Waals surface area contributed by atoms with E-state index in [0.29, 0.717) is 34.4 Å². The van der Waals surface area contributed by atoms with Crippen molar-refractivity contribution in [1.29, 1.82) is 0 Å². The van der Waals surface area contributed by atoms with Crippen molar-refractivity contribution in [2.45, 2.75) is 24.3 Å². The monoisotopic (exact) mass is 518 g/mol. The van der Waals surface area contributed by atoms with Gasteiger partial charge in [-0.3, -0.25) is 9.10 Å². The van der Waals surface area contributed by atoms with Crippen molar-refractivity contribution in [2.75, 3.05) is 16.2 Å².